The van der Waals surface area contributed by atoms with Gasteiger partial charge >= 0.3 is 0 Å². The largest absolute Gasteiger partial charge is 0.397 e. The molecule has 54 valence electrons. The normalized spacial score (nSPS) is 7.60. The summed E-state index contributed by atoms with van der Waals surface area (Å²) in [4.78, 5) is 0. The van der Waals surface area contributed by atoms with Gasteiger partial charge in [0.25, 0.3) is 0 Å². The summed E-state index contributed by atoms with van der Waals surface area (Å²) in [7, 11) is 1.72. The molecule has 1 rings (SSSR count). The molecule has 0 atom stereocenters. The molecule has 1 aromatic rings. The molecular formula is C6H9N2OP. The van der Waals surface area contributed by atoms with Gasteiger partial charge in [0.15, 0.2) is 0 Å². The fourth-order valence-electron chi connectivity index (χ4n) is 0.511. The topological polar surface area (TPSA) is 69.1 Å². The van der Waals surface area contributed by atoms with Crippen LogP contribution in [0.1, 0.15) is 0 Å². The molecule has 0 aliphatic heterocycles. The third kappa shape index (κ3) is 2.46. The number of benzene rings is 1. The Balaban J connectivity index is 0.000000371. The fraction of sp³-hybridized carbons (Fsp3) is 0. The van der Waals surface area contributed by atoms with Crippen molar-refractivity contribution in [1.82, 2.24) is 0 Å². The maximum absolute atomic E-state index is 8.06. The monoisotopic (exact) mass is 156 g/mol. The van der Waals surface area contributed by atoms with Gasteiger partial charge in [-0.2, -0.15) is 0 Å². The maximum atomic E-state index is 8.06. The highest BCUT2D eigenvalue weighted by Gasteiger charge is 1.85. The van der Waals surface area contributed by atoms with Crippen molar-refractivity contribution in [2.75, 3.05) is 11.5 Å². The standard InChI is InChI=1S/C6H8N2.HOP/c7-5-3-1-2-4-6(5)8;1-2/h1-4H,7-8H2;2H. The fourth-order valence-corrected chi connectivity index (χ4v) is 0.511. The zero-order valence-electron chi connectivity index (χ0n) is 5.37. The highest BCUT2D eigenvalue weighted by molar-refractivity contribution is 7.00. The van der Waals surface area contributed by atoms with E-state index in [2.05, 4.69) is 0 Å². The average molecular weight is 156 g/mol. The summed E-state index contributed by atoms with van der Waals surface area (Å²) >= 11 is 0. The summed E-state index contributed by atoms with van der Waals surface area (Å²) in [5.74, 6) is 0. The van der Waals surface area contributed by atoms with Gasteiger partial charge in [-0.1, -0.05) is 12.1 Å². The van der Waals surface area contributed by atoms with E-state index < -0.39 is 0 Å². The zero-order chi connectivity index (χ0) is 7.98. The van der Waals surface area contributed by atoms with Crippen LogP contribution in [-0.4, -0.2) is 0 Å². The Kier molecular flexibility index (Phi) is 4.25. The van der Waals surface area contributed by atoms with Crippen molar-refractivity contribution in [3.8, 4) is 0 Å². The minimum Gasteiger partial charge on any atom is -0.397 e. The SMILES string of the molecule is Nc1ccccc1N.O=P. The van der Waals surface area contributed by atoms with E-state index in [-0.39, 0.29) is 0 Å². The lowest BCUT2D eigenvalue weighted by molar-refractivity contribution is 0.607. The van der Waals surface area contributed by atoms with Gasteiger partial charge in [-0.05, 0) is 12.1 Å². The van der Waals surface area contributed by atoms with Gasteiger partial charge in [0.05, 0.1) is 11.4 Å². The molecule has 0 saturated carbocycles. The molecule has 0 heterocycles. The average Bonchev–Trinajstić information content (AvgIpc) is 2.00. The van der Waals surface area contributed by atoms with Gasteiger partial charge in [-0.25, -0.2) is 0 Å². The van der Waals surface area contributed by atoms with Gasteiger partial charge in [0, 0.05) is 0 Å². The van der Waals surface area contributed by atoms with Crippen molar-refractivity contribution in [3.63, 3.8) is 0 Å². The summed E-state index contributed by atoms with van der Waals surface area (Å²) in [6.07, 6.45) is 0. The van der Waals surface area contributed by atoms with E-state index in [1.165, 1.54) is 0 Å². The first-order chi connectivity index (χ1) is 4.80. The Morgan fingerprint density at radius 3 is 1.50 bits per heavy atom. The van der Waals surface area contributed by atoms with Crippen LogP contribution in [0.5, 0.6) is 0 Å². The van der Waals surface area contributed by atoms with Crippen molar-refractivity contribution in [1.29, 1.82) is 0 Å². The summed E-state index contributed by atoms with van der Waals surface area (Å²) < 4.78 is 8.06. The van der Waals surface area contributed by atoms with Gasteiger partial charge in [0.2, 0.25) is 0 Å². The number of para-hydroxylation sites is 2. The van der Waals surface area contributed by atoms with Crippen LogP contribution in [0.25, 0.3) is 0 Å². The molecule has 0 aliphatic carbocycles. The molecule has 10 heavy (non-hydrogen) atoms. The lowest BCUT2D eigenvalue weighted by Crippen LogP contribution is -1.91. The number of rotatable bonds is 0. The number of nitrogen functional groups attached to an aromatic ring is 2. The van der Waals surface area contributed by atoms with Gasteiger partial charge < -0.3 is 11.5 Å². The van der Waals surface area contributed by atoms with E-state index in [0.29, 0.717) is 11.4 Å². The quantitative estimate of drug-likeness (QED) is 0.439. The van der Waals surface area contributed by atoms with E-state index in [1.54, 1.807) is 21.3 Å². The summed E-state index contributed by atoms with van der Waals surface area (Å²) in [6.45, 7) is 0. The van der Waals surface area contributed by atoms with Crippen molar-refractivity contribution >= 4 is 20.5 Å². The van der Waals surface area contributed by atoms with E-state index in [0.717, 1.165) is 0 Å². The van der Waals surface area contributed by atoms with Crippen molar-refractivity contribution in [2.45, 2.75) is 0 Å². The Labute approximate surface area is 61.7 Å². The molecule has 0 saturated heterocycles. The molecule has 0 spiro atoms. The molecule has 0 bridgehead atoms. The predicted molar refractivity (Wildman–Crippen MR) is 44.3 cm³/mol. The van der Waals surface area contributed by atoms with Crippen LogP contribution in [0.15, 0.2) is 24.3 Å². The number of nitrogens with two attached hydrogens (primary N) is 2. The van der Waals surface area contributed by atoms with Gasteiger partial charge in [-0.15, -0.1) is 0 Å². The second-order valence-corrected chi connectivity index (χ2v) is 1.63. The van der Waals surface area contributed by atoms with Crippen LogP contribution in [0, 0.1) is 0 Å². The molecule has 0 aliphatic rings. The molecule has 1 aromatic carbocycles. The molecule has 4 heteroatoms. The molecule has 0 unspecified atom stereocenters. The predicted octanol–water partition coefficient (Wildman–Crippen LogP) is 1.33. The summed E-state index contributed by atoms with van der Waals surface area (Å²) in [5.41, 5.74) is 12.1. The molecule has 3 nitrogen and oxygen atoms in total. The summed E-state index contributed by atoms with van der Waals surface area (Å²) in [5, 5.41) is 0. The first-order valence-electron chi connectivity index (χ1n) is 2.61. The van der Waals surface area contributed by atoms with Crippen LogP contribution < -0.4 is 11.5 Å². The summed E-state index contributed by atoms with van der Waals surface area (Å²) in [6, 6.07) is 7.25. The number of anilines is 2. The molecule has 0 radical (unpaired) electrons. The zero-order valence-corrected chi connectivity index (χ0v) is 6.37. The smallest absolute Gasteiger partial charge is 0.138 e. The molecule has 0 amide bonds. The maximum Gasteiger partial charge on any atom is 0.138 e. The van der Waals surface area contributed by atoms with E-state index >= 15 is 0 Å². The highest BCUT2D eigenvalue weighted by Crippen LogP contribution is 2.10. The third-order valence-corrected chi connectivity index (χ3v) is 0.996. The first kappa shape index (κ1) is 8.92. The van der Waals surface area contributed by atoms with Crippen LogP contribution in [-0.2, 0) is 4.57 Å². The van der Waals surface area contributed by atoms with E-state index in [9.17, 15) is 0 Å². The second-order valence-electron chi connectivity index (χ2n) is 1.63. The third-order valence-electron chi connectivity index (χ3n) is 0.996. The lowest BCUT2D eigenvalue weighted by atomic mass is 10.3. The van der Waals surface area contributed by atoms with Crippen LogP contribution in [0.4, 0.5) is 11.4 Å². The molecule has 0 aromatic heterocycles. The number of hydrogen-bond acceptors (Lipinski definition) is 3. The minimum absolute atomic E-state index is 0.646. The Morgan fingerprint density at radius 1 is 1.00 bits per heavy atom. The minimum atomic E-state index is 0.646. The van der Waals surface area contributed by atoms with Gasteiger partial charge in [0.1, 0.15) is 9.12 Å². The van der Waals surface area contributed by atoms with Crippen molar-refractivity contribution in [3.05, 3.63) is 24.3 Å². The van der Waals surface area contributed by atoms with Crippen LogP contribution in [0.3, 0.4) is 0 Å². The van der Waals surface area contributed by atoms with E-state index in [4.69, 9.17) is 16.0 Å². The van der Waals surface area contributed by atoms with Crippen molar-refractivity contribution < 1.29 is 4.57 Å². The first-order valence-corrected chi connectivity index (χ1v) is 3.02. The lowest BCUT2D eigenvalue weighted by Gasteiger charge is -1.94. The van der Waals surface area contributed by atoms with Gasteiger partial charge in [-0.3, -0.25) is 4.57 Å². The Bertz CT molecular complexity index is 184. The second kappa shape index (κ2) is 4.77. The number of hydrogen-bond donors (Lipinski definition) is 2. The molecular weight excluding hydrogens is 147 g/mol. The Morgan fingerprint density at radius 2 is 1.30 bits per heavy atom. The Hall–Kier alpha value is -1.08. The molecule has 0 fully saturated rings. The van der Waals surface area contributed by atoms with Crippen molar-refractivity contribution in [2.24, 2.45) is 0 Å². The molecule has 4 N–H and O–H groups in total. The van der Waals surface area contributed by atoms with E-state index in [1.807, 2.05) is 12.1 Å². The van der Waals surface area contributed by atoms with Crippen LogP contribution in [0.2, 0.25) is 0 Å². The van der Waals surface area contributed by atoms with Crippen LogP contribution >= 0.6 is 9.12 Å². The highest BCUT2D eigenvalue weighted by atomic mass is 31.0.